The van der Waals surface area contributed by atoms with Gasteiger partial charge in [-0.3, -0.25) is 0 Å². The van der Waals surface area contributed by atoms with Crippen molar-refractivity contribution < 1.29 is 0 Å². The Morgan fingerprint density at radius 3 is 3.60 bits per heavy atom. The van der Waals surface area contributed by atoms with E-state index in [1.165, 1.54) is 16.9 Å². The summed E-state index contributed by atoms with van der Waals surface area (Å²) in [5.74, 6) is 0. The maximum atomic E-state index is 4.08. The van der Waals surface area contributed by atoms with Crippen molar-refractivity contribution in [2.75, 3.05) is 6.54 Å². The molecule has 2 rings (SSSR count). The second-order valence-electron chi connectivity index (χ2n) is 2.02. The van der Waals surface area contributed by atoms with Crippen molar-refractivity contribution in [3.8, 4) is 0 Å². The van der Waals surface area contributed by atoms with E-state index in [1.54, 1.807) is 6.21 Å². The molecule has 0 aromatic carbocycles. The van der Waals surface area contributed by atoms with Gasteiger partial charge < -0.3 is 5.43 Å². The Hall–Kier alpha value is -0.740. The Bertz CT molecular complexity index is 229. The van der Waals surface area contributed by atoms with E-state index in [4.69, 9.17) is 0 Å². The minimum atomic E-state index is 0.877. The molecule has 4 heteroatoms. The smallest absolute Gasteiger partial charge is 0.0615 e. The highest BCUT2D eigenvalue weighted by Crippen LogP contribution is 2.23. The van der Waals surface area contributed by atoms with Gasteiger partial charge in [0.2, 0.25) is 0 Å². The molecule has 0 bridgehead atoms. The molecule has 3 nitrogen and oxygen atoms in total. The fourth-order valence-electron chi connectivity index (χ4n) is 0.869. The first kappa shape index (κ1) is 6.00. The third kappa shape index (κ3) is 0.955. The highest BCUT2D eigenvalue weighted by molar-refractivity contribution is 8.02. The number of rotatable bonds is 0. The second kappa shape index (κ2) is 2.48. The SMILES string of the molecule is C1=CC2=C(CNN2)SN=C1. The Kier molecular flexibility index (Phi) is 1.49. The molecule has 0 unspecified atom stereocenters. The van der Waals surface area contributed by atoms with Gasteiger partial charge >= 0.3 is 0 Å². The number of allylic oxidation sites excluding steroid dienone is 2. The van der Waals surface area contributed by atoms with Crippen LogP contribution >= 0.6 is 11.9 Å². The van der Waals surface area contributed by atoms with Crippen molar-refractivity contribution in [2.24, 2.45) is 4.40 Å². The van der Waals surface area contributed by atoms with Crippen molar-refractivity contribution >= 4 is 18.2 Å². The average molecular weight is 153 g/mol. The van der Waals surface area contributed by atoms with Crippen molar-refractivity contribution in [2.45, 2.75) is 0 Å². The summed E-state index contributed by atoms with van der Waals surface area (Å²) in [5.41, 5.74) is 7.20. The molecule has 2 N–H and O–H groups in total. The van der Waals surface area contributed by atoms with Gasteiger partial charge in [-0.2, -0.15) is 0 Å². The van der Waals surface area contributed by atoms with Crippen molar-refractivity contribution in [3.63, 3.8) is 0 Å². The van der Waals surface area contributed by atoms with Crippen molar-refractivity contribution in [3.05, 3.63) is 22.8 Å². The van der Waals surface area contributed by atoms with Crippen LogP contribution in [0.1, 0.15) is 0 Å². The van der Waals surface area contributed by atoms with E-state index in [1.807, 2.05) is 12.2 Å². The van der Waals surface area contributed by atoms with Gasteiger partial charge in [0.15, 0.2) is 0 Å². The fourth-order valence-corrected chi connectivity index (χ4v) is 1.48. The van der Waals surface area contributed by atoms with Crippen LogP contribution in [0.3, 0.4) is 0 Å². The van der Waals surface area contributed by atoms with E-state index in [-0.39, 0.29) is 0 Å². The summed E-state index contributed by atoms with van der Waals surface area (Å²) in [6.45, 7) is 0.877. The molecule has 0 saturated carbocycles. The van der Waals surface area contributed by atoms with Gasteiger partial charge in [-0.25, -0.2) is 9.82 Å². The summed E-state index contributed by atoms with van der Waals surface area (Å²) < 4.78 is 4.08. The fraction of sp³-hybridized carbons (Fsp3) is 0.167. The predicted octanol–water partition coefficient (Wildman–Crippen LogP) is 0.595. The largest absolute Gasteiger partial charge is 0.320 e. The summed E-state index contributed by atoms with van der Waals surface area (Å²) in [4.78, 5) is 1.25. The molecular formula is C6H7N3S. The quantitative estimate of drug-likeness (QED) is 0.500. The molecule has 0 aliphatic carbocycles. The number of nitrogens with zero attached hydrogens (tertiary/aromatic N) is 1. The maximum absolute atomic E-state index is 4.08. The lowest BCUT2D eigenvalue weighted by Gasteiger charge is -1.93. The van der Waals surface area contributed by atoms with Gasteiger partial charge in [-0.05, 0) is 12.2 Å². The van der Waals surface area contributed by atoms with Gasteiger partial charge in [0.05, 0.1) is 5.70 Å². The highest BCUT2D eigenvalue weighted by atomic mass is 32.2. The van der Waals surface area contributed by atoms with Crippen LogP contribution in [0, 0.1) is 0 Å². The van der Waals surface area contributed by atoms with Crippen LogP contribution in [0.25, 0.3) is 0 Å². The minimum Gasteiger partial charge on any atom is -0.320 e. The zero-order chi connectivity index (χ0) is 6.81. The van der Waals surface area contributed by atoms with Crippen LogP contribution in [0.2, 0.25) is 0 Å². The zero-order valence-corrected chi connectivity index (χ0v) is 6.11. The molecule has 0 fully saturated rings. The molecule has 0 saturated heterocycles. The Labute approximate surface area is 63.4 Å². The molecule has 0 amide bonds. The maximum Gasteiger partial charge on any atom is 0.0615 e. The lowest BCUT2D eigenvalue weighted by Crippen LogP contribution is -2.23. The van der Waals surface area contributed by atoms with E-state index in [9.17, 15) is 0 Å². The monoisotopic (exact) mass is 153 g/mol. The number of hydrazine groups is 1. The first-order chi connectivity index (χ1) is 4.97. The number of hydrogen-bond acceptors (Lipinski definition) is 4. The Morgan fingerprint density at radius 2 is 2.60 bits per heavy atom. The molecular weight excluding hydrogens is 146 g/mol. The predicted molar refractivity (Wildman–Crippen MR) is 43.4 cm³/mol. The van der Waals surface area contributed by atoms with Crippen LogP contribution < -0.4 is 10.9 Å². The molecule has 0 radical (unpaired) electrons. The van der Waals surface area contributed by atoms with Gasteiger partial charge in [-0.1, -0.05) is 0 Å². The standard InChI is InChI=1S/C6H7N3S/c1-2-5-6(4-7-9-5)10-8-3-1/h1-3,7,9H,4H2. The second-order valence-corrected chi connectivity index (χ2v) is 2.91. The highest BCUT2D eigenvalue weighted by Gasteiger charge is 2.11. The third-order valence-corrected chi connectivity index (χ3v) is 2.16. The minimum absolute atomic E-state index is 0.877. The number of hydrogen-bond donors (Lipinski definition) is 2. The van der Waals surface area contributed by atoms with Gasteiger partial charge in [0.25, 0.3) is 0 Å². The van der Waals surface area contributed by atoms with Crippen molar-refractivity contribution in [1.29, 1.82) is 0 Å². The summed E-state index contributed by atoms with van der Waals surface area (Å²) in [6.07, 6.45) is 5.73. The normalized spacial score (nSPS) is 22.4. The summed E-state index contributed by atoms with van der Waals surface area (Å²) in [6, 6.07) is 0. The lowest BCUT2D eigenvalue weighted by atomic mass is 10.4. The molecule has 0 aromatic heterocycles. The summed E-state index contributed by atoms with van der Waals surface area (Å²) >= 11 is 1.52. The van der Waals surface area contributed by atoms with Crippen molar-refractivity contribution in [1.82, 2.24) is 10.9 Å². The van der Waals surface area contributed by atoms with E-state index in [0.717, 1.165) is 12.2 Å². The van der Waals surface area contributed by atoms with Gasteiger partial charge in [0.1, 0.15) is 0 Å². The topological polar surface area (TPSA) is 36.4 Å². The average Bonchev–Trinajstić information content (AvgIpc) is 2.28. The molecule has 52 valence electrons. The van der Waals surface area contributed by atoms with Crippen LogP contribution in [0.5, 0.6) is 0 Å². The molecule has 2 aliphatic heterocycles. The molecule has 0 atom stereocenters. The van der Waals surface area contributed by atoms with Crippen LogP contribution in [0.4, 0.5) is 0 Å². The van der Waals surface area contributed by atoms with Gasteiger partial charge in [-0.15, -0.1) is 0 Å². The van der Waals surface area contributed by atoms with E-state index in [2.05, 4.69) is 15.2 Å². The third-order valence-electron chi connectivity index (χ3n) is 1.35. The van der Waals surface area contributed by atoms with Crippen LogP contribution in [0.15, 0.2) is 27.2 Å². The molecule has 10 heavy (non-hydrogen) atoms. The van der Waals surface area contributed by atoms with Crippen LogP contribution in [-0.4, -0.2) is 12.8 Å². The molecule has 0 spiro atoms. The molecule has 0 aromatic rings. The van der Waals surface area contributed by atoms with E-state index < -0.39 is 0 Å². The van der Waals surface area contributed by atoms with Crippen LogP contribution in [-0.2, 0) is 0 Å². The van der Waals surface area contributed by atoms with Gasteiger partial charge in [0, 0.05) is 29.6 Å². The first-order valence-electron chi connectivity index (χ1n) is 3.06. The molecule has 2 heterocycles. The Balaban J connectivity index is 2.30. The first-order valence-corrected chi connectivity index (χ1v) is 3.83. The summed E-state index contributed by atoms with van der Waals surface area (Å²) in [5, 5.41) is 0. The van der Waals surface area contributed by atoms with E-state index >= 15 is 0 Å². The summed E-state index contributed by atoms with van der Waals surface area (Å²) in [7, 11) is 0. The molecule has 2 aliphatic rings. The Morgan fingerprint density at radius 1 is 1.60 bits per heavy atom. The lowest BCUT2D eigenvalue weighted by molar-refractivity contribution is 0.709. The number of nitrogens with one attached hydrogen (secondary N) is 2. The zero-order valence-electron chi connectivity index (χ0n) is 5.29. The van der Waals surface area contributed by atoms with E-state index in [0.29, 0.717) is 0 Å².